The molecule has 2 heteroatoms. The third kappa shape index (κ3) is 3.02. The maximum Gasteiger partial charge on any atom is 0.150 e. The lowest BCUT2D eigenvalue weighted by atomic mass is 10.1. The lowest BCUT2D eigenvalue weighted by Gasteiger charge is -2.12. The van der Waals surface area contributed by atoms with E-state index in [2.05, 4.69) is 19.9 Å². The average Bonchev–Trinajstić information content (AvgIpc) is 2.41. The van der Waals surface area contributed by atoms with Crippen LogP contribution in [0.3, 0.4) is 0 Å². The van der Waals surface area contributed by atoms with Crippen molar-refractivity contribution in [1.29, 1.82) is 0 Å². The molecule has 2 aromatic rings. The molecule has 0 aromatic heterocycles. The Hall–Kier alpha value is -2.09. The number of ether oxygens (including phenoxy) is 1. The molecule has 2 rings (SSSR count). The number of rotatable bonds is 4. The van der Waals surface area contributed by atoms with E-state index in [9.17, 15) is 4.79 Å². The summed E-state index contributed by atoms with van der Waals surface area (Å²) >= 11 is 0. The number of carbonyl (C=O) groups excluding carboxylic acids is 1. The Bertz CT molecular complexity index is 600. The monoisotopic (exact) mass is 254 g/mol. The first-order valence-electron chi connectivity index (χ1n) is 6.35. The van der Waals surface area contributed by atoms with Crippen molar-refractivity contribution in [3.05, 3.63) is 64.2 Å². The van der Waals surface area contributed by atoms with E-state index in [1.165, 1.54) is 11.1 Å². The van der Waals surface area contributed by atoms with Crippen LogP contribution in [0.15, 0.2) is 36.4 Å². The summed E-state index contributed by atoms with van der Waals surface area (Å²) in [5, 5.41) is 0. The van der Waals surface area contributed by atoms with Crippen LogP contribution in [0.5, 0.6) is 5.75 Å². The van der Waals surface area contributed by atoms with Gasteiger partial charge in [0, 0.05) is 5.56 Å². The first-order chi connectivity index (χ1) is 9.11. The zero-order valence-corrected chi connectivity index (χ0v) is 11.6. The average molecular weight is 254 g/mol. The van der Waals surface area contributed by atoms with Gasteiger partial charge in [0.25, 0.3) is 0 Å². The predicted octanol–water partition coefficient (Wildman–Crippen LogP) is 4.00. The summed E-state index contributed by atoms with van der Waals surface area (Å²) < 4.78 is 5.84. The molecule has 0 saturated carbocycles. The second kappa shape index (κ2) is 5.70. The fourth-order valence-electron chi connectivity index (χ4n) is 2.03. The molecule has 0 aliphatic carbocycles. The smallest absolute Gasteiger partial charge is 0.150 e. The molecule has 98 valence electrons. The minimum Gasteiger partial charge on any atom is -0.489 e. The van der Waals surface area contributed by atoms with Crippen molar-refractivity contribution >= 4 is 6.29 Å². The van der Waals surface area contributed by atoms with E-state index < -0.39 is 0 Å². The largest absolute Gasteiger partial charge is 0.489 e. The molecule has 0 saturated heterocycles. The van der Waals surface area contributed by atoms with E-state index in [1.54, 1.807) is 6.07 Å². The molecule has 2 aromatic carbocycles. The van der Waals surface area contributed by atoms with E-state index in [1.807, 2.05) is 31.2 Å². The summed E-state index contributed by atoms with van der Waals surface area (Å²) in [6, 6.07) is 11.7. The molecule has 0 aliphatic heterocycles. The molecule has 0 bridgehead atoms. The Morgan fingerprint density at radius 2 is 1.68 bits per heavy atom. The summed E-state index contributed by atoms with van der Waals surface area (Å²) in [7, 11) is 0. The Morgan fingerprint density at radius 1 is 1.00 bits per heavy atom. The number of benzene rings is 2. The van der Waals surface area contributed by atoms with Gasteiger partial charge in [0.1, 0.15) is 18.6 Å². The second-order valence-electron chi connectivity index (χ2n) is 4.81. The fraction of sp³-hybridized carbons (Fsp3) is 0.235. The Morgan fingerprint density at radius 3 is 2.42 bits per heavy atom. The van der Waals surface area contributed by atoms with Gasteiger partial charge in [0.05, 0.1) is 0 Å². The van der Waals surface area contributed by atoms with Crippen molar-refractivity contribution in [2.75, 3.05) is 0 Å². The van der Waals surface area contributed by atoms with Gasteiger partial charge in [-0.15, -0.1) is 0 Å². The molecule has 0 aliphatic rings. The highest BCUT2D eigenvalue weighted by Gasteiger charge is 2.05. The van der Waals surface area contributed by atoms with Crippen LogP contribution >= 0.6 is 0 Å². The van der Waals surface area contributed by atoms with Gasteiger partial charge < -0.3 is 4.74 Å². The Labute approximate surface area is 114 Å². The quantitative estimate of drug-likeness (QED) is 0.771. The van der Waals surface area contributed by atoms with Crippen LogP contribution in [0.2, 0.25) is 0 Å². The number of carbonyl (C=O) groups is 1. The van der Waals surface area contributed by atoms with Gasteiger partial charge in [0.2, 0.25) is 0 Å². The highest BCUT2D eigenvalue weighted by molar-refractivity contribution is 5.77. The maximum atomic E-state index is 10.9. The van der Waals surface area contributed by atoms with Gasteiger partial charge in [-0.3, -0.25) is 4.79 Å². The van der Waals surface area contributed by atoms with Gasteiger partial charge in [-0.05, 0) is 49.1 Å². The van der Waals surface area contributed by atoms with E-state index >= 15 is 0 Å². The molecule has 0 heterocycles. The second-order valence-corrected chi connectivity index (χ2v) is 4.81. The van der Waals surface area contributed by atoms with Gasteiger partial charge >= 0.3 is 0 Å². The minimum absolute atomic E-state index is 0.415. The van der Waals surface area contributed by atoms with E-state index in [4.69, 9.17) is 4.74 Å². The zero-order chi connectivity index (χ0) is 13.8. The third-order valence-electron chi connectivity index (χ3n) is 3.36. The summed E-state index contributed by atoms with van der Waals surface area (Å²) in [5.41, 5.74) is 5.19. The zero-order valence-electron chi connectivity index (χ0n) is 11.6. The Kier molecular flexibility index (Phi) is 4.00. The number of aryl methyl sites for hydroxylation is 3. The van der Waals surface area contributed by atoms with Crippen molar-refractivity contribution in [3.8, 4) is 5.75 Å². The highest BCUT2D eigenvalue weighted by atomic mass is 16.5. The van der Waals surface area contributed by atoms with Crippen molar-refractivity contribution in [2.45, 2.75) is 27.4 Å². The molecule has 0 atom stereocenters. The topological polar surface area (TPSA) is 26.3 Å². The Balaban J connectivity index is 2.19. The summed E-state index contributed by atoms with van der Waals surface area (Å²) in [4.78, 5) is 10.9. The van der Waals surface area contributed by atoms with Crippen molar-refractivity contribution in [3.63, 3.8) is 0 Å². The number of aldehydes is 1. The fourth-order valence-corrected chi connectivity index (χ4v) is 2.03. The molecular formula is C17H18O2. The lowest BCUT2D eigenvalue weighted by Crippen LogP contribution is -2.01. The first-order valence-corrected chi connectivity index (χ1v) is 6.35. The van der Waals surface area contributed by atoms with Crippen molar-refractivity contribution < 1.29 is 9.53 Å². The van der Waals surface area contributed by atoms with Crippen LogP contribution in [0, 0.1) is 20.8 Å². The standard InChI is InChI=1S/C17H18O2/c1-12-8-14(3)17(9-13(12)2)19-11-16-7-5-4-6-15(16)10-18/h4-10H,11H2,1-3H3. The van der Waals surface area contributed by atoms with Gasteiger partial charge in [-0.25, -0.2) is 0 Å². The van der Waals surface area contributed by atoms with Crippen LogP contribution in [0.25, 0.3) is 0 Å². The SMILES string of the molecule is Cc1cc(C)c(OCc2ccccc2C=O)cc1C. The molecule has 0 amide bonds. The first kappa shape index (κ1) is 13.3. The molecular weight excluding hydrogens is 236 g/mol. The molecule has 19 heavy (non-hydrogen) atoms. The molecule has 2 nitrogen and oxygen atoms in total. The van der Waals surface area contributed by atoms with Crippen LogP contribution < -0.4 is 4.74 Å². The van der Waals surface area contributed by atoms with E-state index in [0.717, 1.165) is 23.2 Å². The molecule has 0 fully saturated rings. The summed E-state index contributed by atoms with van der Waals surface area (Å²) in [5.74, 6) is 0.879. The maximum absolute atomic E-state index is 10.9. The van der Waals surface area contributed by atoms with Gasteiger partial charge in [-0.1, -0.05) is 30.3 Å². The summed E-state index contributed by atoms with van der Waals surface area (Å²) in [6.45, 7) is 6.61. The van der Waals surface area contributed by atoms with Crippen molar-refractivity contribution in [1.82, 2.24) is 0 Å². The highest BCUT2D eigenvalue weighted by Crippen LogP contribution is 2.23. The van der Waals surface area contributed by atoms with Gasteiger partial charge in [0.15, 0.2) is 0 Å². The van der Waals surface area contributed by atoms with E-state index in [0.29, 0.717) is 12.2 Å². The third-order valence-corrected chi connectivity index (χ3v) is 3.36. The van der Waals surface area contributed by atoms with Gasteiger partial charge in [-0.2, -0.15) is 0 Å². The minimum atomic E-state index is 0.415. The molecule has 0 unspecified atom stereocenters. The molecule has 0 N–H and O–H groups in total. The normalized spacial score (nSPS) is 10.3. The molecule has 0 radical (unpaired) electrons. The van der Waals surface area contributed by atoms with Crippen LogP contribution in [-0.2, 0) is 6.61 Å². The van der Waals surface area contributed by atoms with Crippen LogP contribution in [0.1, 0.15) is 32.6 Å². The number of hydrogen-bond donors (Lipinski definition) is 0. The number of hydrogen-bond acceptors (Lipinski definition) is 2. The van der Waals surface area contributed by atoms with Crippen molar-refractivity contribution in [2.24, 2.45) is 0 Å². The van der Waals surface area contributed by atoms with Crippen LogP contribution in [0.4, 0.5) is 0 Å². The molecule has 0 spiro atoms. The lowest BCUT2D eigenvalue weighted by molar-refractivity contribution is 0.112. The summed E-state index contributed by atoms with van der Waals surface area (Å²) in [6.07, 6.45) is 0.867. The predicted molar refractivity (Wildman–Crippen MR) is 76.8 cm³/mol. The van der Waals surface area contributed by atoms with E-state index in [-0.39, 0.29) is 0 Å². The van der Waals surface area contributed by atoms with Crippen LogP contribution in [-0.4, -0.2) is 6.29 Å².